The second-order valence-corrected chi connectivity index (χ2v) is 7.69. The number of amides is 1. The SMILES string of the molecule is C=CNC(=NC1CCc2nc(NC(C)=O)sc2C1)c1ccc(C)cc1C. The van der Waals surface area contributed by atoms with Gasteiger partial charge in [-0.25, -0.2) is 4.98 Å². The number of nitrogens with zero attached hydrogens (tertiary/aromatic N) is 2. The van der Waals surface area contributed by atoms with Gasteiger partial charge in [-0.2, -0.15) is 0 Å². The van der Waals surface area contributed by atoms with E-state index in [1.165, 1.54) is 22.9 Å². The second-order valence-electron chi connectivity index (χ2n) is 6.61. The molecule has 2 N–H and O–H groups in total. The summed E-state index contributed by atoms with van der Waals surface area (Å²) in [6, 6.07) is 6.56. The Morgan fingerprint density at radius 2 is 2.23 bits per heavy atom. The van der Waals surface area contributed by atoms with Gasteiger partial charge in [0.15, 0.2) is 5.13 Å². The zero-order valence-electron chi connectivity index (χ0n) is 15.4. The van der Waals surface area contributed by atoms with E-state index in [0.717, 1.165) is 36.4 Å². The van der Waals surface area contributed by atoms with Crippen LogP contribution in [0, 0.1) is 13.8 Å². The number of hydrogen-bond donors (Lipinski definition) is 2. The molecule has 0 aliphatic heterocycles. The Balaban J connectivity index is 1.84. The van der Waals surface area contributed by atoms with Gasteiger partial charge < -0.3 is 10.6 Å². The van der Waals surface area contributed by atoms with E-state index in [0.29, 0.717) is 5.13 Å². The highest BCUT2D eigenvalue weighted by Gasteiger charge is 2.23. The highest BCUT2D eigenvalue weighted by atomic mass is 32.1. The van der Waals surface area contributed by atoms with Gasteiger partial charge in [-0.1, -0.05) is 30.3 Å². The first kappa shape index (κ1) is 18.3. The Bertz CT molecular complexity index is 869. The van der Waals surface area contributed by atoms with Gasteiger partial charge in [0.1, 0.15) is 5.84 Å². The second kappa shape index (κ2) is 7.83. The molecule has 6 heteroatoms. The number of anilines is 1. The summed E-state index contributed by atoms with van der Waals surface area (Å²) in [5.41, 5.74) is 4.63. The Morgan fingerprint density at radius 1 is 1.42 bits per heavy atom. The minimum atomic E-state index is -0.0852. The van der Waals surface area contributed by atoms with Gasteiger partial charge >= 0.3 is 0 Å². The number of fused-ring (bicyclic) bond motifs is 1. The van der Waals surface area contributed by atoms with Crippen LogP contribution in [0.1, 0.15) is 40.6 Å². The molecule has 1 amide bonds. The molecule has 2 aromatic rings. The predicted molar refractivity (Wildman–Crippen MR) is 108 cm³/mol. The van der Waals surface area contributed by atoms with E-state index in [1.54, 1.807) is 17.5 Å². The van der Waals surface area contributed by atoms with E-state index < -0.39 is 0 Å². The molecule has 1 aromatic heterocycles. The van der Waals surface area contributed by atoms with Crippen molar-refractivity contribution in [2.75, 3.05) is 5.32 Å². The molecular formula is C20H24N4OS. The third-order valence-electron chi connectivity index (χ3n) is 4.38. The zero-order valence-corrected chi connectivity index (χ0v) is 16.2. The van der Waals surface area contributed by atoms with Gasteiger partial charge in [0, 0.05) is 23.8 Å². The monoisotopic (exact) mass is 368 g/mol. The summed E-state index contributed by atoms with van der Waals surface area (Å²) in [6.45, 7) is 9.49. The first-order valence-corrected chi connectivity index (χ1v) is 9.57. The molecule has 0 bridgehead atoms. The molecule has 0 radical (unpaired) electrons. The molecule has 1 aliphatic carbocycles. The van der Waals surface area contributed by atoms with Crippen LogP contribution >= 0.6 is 11.3 Å². The van der Waals surface area contributed by atoms with Crippen LogP contribution in [-0.2, 0) is 17.6 Å². The Hall–Kier alpha value is -2.47. The molecule has 0 fully saturated rings. The number of carbonyl (C=O) groups excluding carboxylic acids is 1. The molecule has 1 aliphatic rings. The van der Waals surface area contributed by atoms with E-state index >= 15 is 0 Å². The third-order valence-corrected chi connectivity index (χ3v) is 5.42. The normalized spacial score (nSPS) is 16.7. The molecule has 1 atom stereocenters. The van der Waals surface area contributed by atoms with E-state index in [-0.39, 0.29) is 11.9 Å². The first-order chi connectivity index (χ1) is 12.5. The van der Waals surface area contributed by atoms with Crippen molar-refractivity contribution in [2.24, 2.45) is 4.99 Å². The molecule has 0 spiro atoms. The minimum Gasteiger partial charge on any atom is -0.347 e. The molecule has 26 heavy (non-hydrogen) atoms. The van der Waals surface area contributed by atoms with Crippen LogP contribution in [0.3, 0.4) is 0 Å². The highest BCUT2D eigenvalue weighted by Crippen LogP contribution is 2.31. The van der Waals surface area contributed by atoms with Crippen molar-refractivity contribution >= 4 is 28.2 Å². The van der Waals surface area contributed by atoms with Crippen LogP contribution in [0.25, 0.3) is 0 Å². The summed E-state index contributed by atoms with van der Waals surface area (Å²) in [5, 5.41) is 6.68. The molecular weight excluding hydrogens is 344 g/mol. The van der Waals surface area contributed by atoms with Crippen LogP contribution in [0.5, 0.6) is 0 Å². The Kier molecular flexibility index (Phi) is 5.52. The lowest BCUT2D eigenvalue weighted by atomic mass is 9.97. The van der Waals surface area contributed by atoms with Gasteiger partial charge in [0.05, 0.1) is 11.7 Å². The number of carbonyl (C=O) groups is 1. The summed E-state index contributed by atoms with van der Waals surface area (Å²) in [5.74, 6) is 0.774. The average molecular weight is 369 g/mol. The van der Waals surface area contributed by atoms with E-state index in [1.807, 2.05) is 0 Å². The number of nitrogens with one attached hydrogen (secondary N) is 2. The van der Waals surface area contributed by atoms with Crippen molar-refractivity contribution in [2.45, 2.75) is 46.1 Å². The van der Waals surface area contributed by atoms with Crippen LogP contribution < -0.4 is 10.6 Å². The van der Waals surface area contributed by atoms with Crippen molar-refractivity contribution < 1.29 is 4.79 Å². The number of aryl methyl sites for hydroxylation is 3. The molecule has 1 heterocycles. The third kappa shape index (κ3) is 4.19. The van der Waals surface area contributed by atoms with Crippen molar-refractivity contribution in [3.05, 3.63) is 58.2 Å². The predicted octanol–water partition coefficient (Wildman–Crippen LogP) is 3.76. The molecule has 136 valence electrons. The van der Waals surface area contributed by atoms with Crippen LogP contribution in [-0.4, -0.2) is 22.8 Å². The van der Waals surface area contributed by atoms with Gasteiger partial charge in [-0.3, -0.25) is 9.79 Å². The zero-order chi connectivity index (χ0) is 18.7. The lowest BCUT2D eigenvalue weighted by Gasteiger charge is -2.20. The quantitative estimate of drug-likeness (QED) is 0.638. The fourth-order valence-corrected chi connectivity index (χ4v) is 4.34. The molecule has 1 unspecified atom stereocenters. The maximum Gasteiger partial charge on any atom is 0.223 e. The fraction of sp³-hybridized carbons (Fsp3) is 0.350. The lowest BCUT2D eigenvalue weighted by Crippen LogP contribution is -2.25. The fourth-order valence-electron chi connectivity index (χ4n) is 3.21. The molecule has 0 saturated carbocycles. The van der Waals surface area contributed by atoms with Gasteiger partial charge in [-0.15, -0.1) is 11.3 Å². The van der Waals surface area contributed by atoms with Crippen molar-refractivity contribution in [3.8, 4) is 0 Å². The lowest BCUT2D eigenvalue weighted by molar-refractivity contribution is -0.114. The Labute approximate surface area is 158 Å². The maximum atomic E-state index is 11.2. The average Bonchev–Trinajstić information content (AvgIpc) is 2.95. The van der Waals surface area contributed by atoms with E-state index in [9.17, 15) is 4.79 Å². The first-order valence-electron chi connectivity index (χ1n) is 8.75. The number of aliphatic imine (C=N–C) groups is 1. The summed E-state index contributed by atoms with van der Waals surface area (Å²) in [6.07, 6.45) is 4.35. The number of aromatic nitrogens is 1. The number of benzene rings is 1. The van der Waals surface area contributed by atoms with Crippen molar-refractivity contribution in [1.82, 2.24) is 10.3 Å². The standard InChI is InChI=1S/C20H24N4OS/c1-5-21-19(16-8-6-12(2)10-13(16)3)23-15-7-9-17-18(11-15)26-20(24-17)22-14(4)25/h5-6,8,10,15H,1,7,9,11H2,2-4H3,(H,21,23)(H,22,24,25). The van der Waals surface area contributed by atoms with Crippen LogP contribution in [0.15, 0.2) is 36.0 Å². The number of amidine groups is 1. The minimum absolute atomic E-state index is 0.0852. The van der Waals surface area contributed by atoms with Crippen molar-refractivity contribution in [1.29, 1.82) is 0 Å². The van der Waals surface area contributed by atoms with Crippen LogP contribution in [0.2, 0.25) is 0 Å². The summed E-state index contributed by atoms with van der Waals surface area (Å²) in [4.78, 5) is 22.0. The van der Waals surface area contributed by atoms with Gasteiger partial charge in [0.2, 0.25) is 5.91 Å². The summed E-state index contributed by atoms with van der Waals surface area (Å²) < 4.78 is 0. The Morgan fingerprint density at radius 3 is 2.92 bits per heavy atom. The van der Waals surface area contributed by atoms with Crippen molar-refractivity contribution in [3.63, 3.8) is 0 Å². The number of thiazole rings is 1. The molecule has 3 rings (SSSR count). The smallest absolute Gasteiger partial charge is 0.223 e. The molecule has 0 saturated heterocycles. The topological polar surface area (TPSA) is 66.4 Å². The number of rotatable bonds is 4. The molecule has 5 nitrogen and oxygen atoms in total. The summed E-state index contributed by atoms with van der Waals surface area (Å²) >= 11 is 1.56. The van der Waals surface area contributed by atoms with Gasteiger partial charge in [-0.05, 0) is 38.5 Å². The number of hydrogen-bond acceptors (Lipinski definition) is 4. The van der Waals surface area contributed by atoms with Gasteiger partial charge in [0.25, 0.3) is 0 Å². The highest BCUT2D eigenvalue weighted by molar-refractivity contribution is 7.15. The van der Waals surface area contributed by atoms with Crippen LogP contribution in [0.4, 0.5) is 5.13 Å². The van der Waals surface area contributed by atoms with E-state index in [4.69, 9.17) is 4.99 Å². The molecule has 1 aromatic carbocycles. The summed E-state index contributed by atoms with van der Waals surface area (Å²) in [7, 11) is 0. The largest absolute Gasteiger partial charge is 0.347 e. The maximum absolute atomic E-state index is 11.2. The van der Waals surface area contributed by atoms with E-state index in [2.05, 4.69) is 54.2 Å².